The van der Waals surface area contributed by atoms with E-state index in [2.05, 4.69) is 10.7 Å². The maximum absolute atomic E-state index is 14.2. The van der Waals surface area contributed by atoms with E-state index in [-0.39, 0.29) is 61.8 Å². The maximum Gasteiger partial charge on any atom is 0.414 e. The van der Waals surface area contributed by atoms with Crippen LogP contribution < -0.4 is 15.5 Å². The zero-order chi connectivity index (χ0) is 41.1. The summed E-state index contributed by atoms with van der Waals surface area (Å²) in [5.41, 5.74) is 4.45. The van der Waals surface area contributed by atoms with Crippen LogP contribution in [-0.4, -0.2) is 98.7 Å². The largest absolute Gasteiger partial charge is 0.497 e. The van der Waals surface area contributed by atoms with Gasteiger partial charge in [-0.05, 0) is 65.9 Å². The van der Waals surface area contributed by atoms with E-state index in [0.29, 0.717) is 29.7 Å². The smallest absolute Gasteiger partial charge is 0.414 e. The van der Waals surface area contributed by atoms with Gasteiger partial charge in [0.15, 0.2) is 0 Å². The van der Waals surface area contributed by atoms with Crippen molar-refractivity contribution in [1.29, 1.82) is 5.41 Å². The molecule has 0 unspecified atom stereocenters. The van der Waals surface area contributed by atoms with E-state index in [1.807, 2.05) is 24.3 Å². The SMILES string of the molecule is CCC(=O)N(NC(=N)NC(=O)OCc1ccc([N+](=O)[O-])cc1)[C@H]1CCN(C(=O)[C@@H]2C[C@H](SCc3ccc(OC)cc3)CN2C(=O)OCc2ccc([N+](=O)[O-])cc2)C1. The predicted octanol–water partition coefficient (Wildman–Crippen LogP) is 4.73. The Hall–Kier alpha value is -6.44. The number of carbonyl (C=O) groups is 4. The number of benzene rings is 3. The number of hydrogen-bond donors (Lipinski definition) is 3. The Kier molecular flexibility index (Phi) is 14.2. The number of methoxy groups -OCH3 is 1. The zero-order valence-corrected chi connectivity index (χ0v) is 32.0. The molecule has 2 heterocycles. The normalized spacial score (nSPS) is 17.3. The van der Waals surface area contributed by atoms with Crippen LogP contribution in [0.25, 0.3) is 0 Å². The number of ether oxygens (including phenoxy) is 3. The third-order valence-electron chi connectivity index (χ3n) is 9.32. The minimum atomic E-state index is -1.00. The van der Waals surface area contributed by atoms with Crippen molar-refractivity contribution >= 4 is 53.1 Å². The molecule has 2 fully saturated rings. The molecular weight excluding hydrogens is 765 g/mol. The van der Waals surface area contributed by atoms with Gasteiger partial charge in [0.05, 0.1) is 23.0 Å². The Bertz CT molecular complexity index is 1950. The number of non-ortho nitro benzene ring substituents is 2. The molecule has 0 aliphatic carbocycles. The van der Waals surface area contributed by atoms with Gasteiger partial charge >= 0.3 is 12.2 Å². The molecule has 3 atom stereocenters. The Labute approximate surface area is 331 Å². The summed E-state index contributed by atoms with van der Waals surface area (Å²) in [5, 5.41) is 33.5. The van der Waals surface area contributed by atoms with Crippen LogP contribution in [0.2, 0.25) is 0 Å². The van der Waals surface area contributed by atoms with Crippen LogP contribution in [0, 0.1) is 25.6 Å². The number of nitro groups is 2. The number of amides is 4. The van der Waals surface area contributed by atoms with E-state index in [1.165, 1.54) is 58.4 Å². The van der Waals surface area contributed by atoms with Gasteiger partial charge in [-0.15, -0.1) is 0 Å². The lowest BCUT2D eigenvalue weighted by atomic mass is 10.2. The van der Waals surface area contributed by atoms with Crippen molar-refractivity contribution in [2.24, 2.45) is 0 Å². The Morgan fingerprint density at radius 2 is 1.46 bits per heavy atom. The molecule has 3 aromatic carbocycles. The number of nitrogens with one attached hydrogen (secondary N) is 3. The van der Waals surface area contributed by atoms with Crippen molar-refractivity contribution in [2.75, 3.05) is 26.7 Å². The average Bonchev–Trinajstić information content (AvgIpc) is 3.89. The molecule has 0 aromatic heterocycles. The third-order valence-corrected chi connectivity index (χ3v) is 10.6. The van der Waals surface area contributed by atoms with E-state index in [1.54, 1.807) is 30.7 Å². The molecule has 0 bridgehead atoms. The quantitative estimate of drug-likeness (QED) is 0.0918. The number of rotatable bonds is 13. The minimum absolute atomic E-state index is 0.0550. The van der Waals surface area contributed by atoms with Crippen molar-refractivity contribution in [3.8, 4) is 5.75 Å². The summed E-state index contributed by atoms with van der Waals surface area (Å²) >= 11 is 1.60. The molecule has 2 aliphatic rings. The molecule has 2 saturated heterocycles. The van der Waals surface area contributed by atoms with E-state index in [4.69, 9.17) is 19.6 Å². The number of alkyl carbamates (subject to hydrolysis) is 1. The highest BCUT2D eigenvalue weighted by molar-refractivity contribution is 7.99. The fourth-order valence-corrected chi connectivity index (χ4v) is 7.48. The average molecular weight is 807 g/mol. The lowest BCUT2D eigenvalue weighted by Gasteiger charge is -2.31. The first-order valence-corrected chi connectivity index (χ1v) is 18.9. The first-order chi connectivity index (χ1) is 27.3. The summed E-state index contributed by atoms with van der Waals surface area (Å²) in [6.07, 6.45) is -0.965. The highest BCUT2D eigenvalue weighted by Gasteiger charge is 2.44. The summed E-state index contributed by atoms with van der Waals surface area (Å²) in [7, 11) is 1.59. The van der Waals surface area contributed by atoms with Gasteiger partial charge in [-0.3, -0.25) is 50.9 Å². The molecule has 0 spiro atoms. The Balaban J connectivity index is 1.20. The molecule has 3 aromatic rings. The van der Waals surface area contributed by atoms with Gasteiger partial charge in [0, 0.05) is 61.3 Å². The van der Waals surface area contributed by atoms with Crippen LogP contribution in [-0.2, 0) is 38.0 Å². The standard InChI is InChI=1S/C37H42N8O11S/c1-3-33(46)43(40-35(38)39-36(48)55-21-24-4-10-27(11-5-24)44(50)51)29-16-17-41(19-29)34(47)32-18-31(57-23-26-8-14-30(54-2)15-9-26)20-42(32)37(49)56-22-25-6-12-28(13-7-25)45(52)53/h4-15,29,31-32H,3,16-23H2,1-2H3,(H3,38,39,40,48)/t29-,31-,32-/m0/s1. The molecule has 3 N–H and O–H groups in total. The molecular formula is C37H42N8O11S. The van der Waals surface area contributed by atoms with Gasteiger partial charge in [0.2, 0.25) is 17.8 Å². The second-order valence-corrected chi connectivity index (χ2v) is 14.4. The highest BCUT2D eigenvalue weighted by atomic mass is 32.2. The molecule has 19 nitrogen and oxygen atoms in total. The van der Waals surface area contributed by atoms with E-state index in [9.17, 15) is 39.4 Å². The van der Waals surface area contributed by atoms with Crippen molar-refractivity contribution in [1.82, 2.24) is 25.6 Å². The van der Waals surface area contributed by atoms with Gasteiger partial charge in [0.25, 0.3) is 11.4 Å². The summed E-state index contributed by atoms with van der Waals surface area (Å²) in [4.78, 5) is 77.0. The number of likely N-dealkylation sites (tertiary alicyclic amines) is 2. The molecule has 0 radical (unpaired) electrons. The monoisotopic (exact) mass is 806 g/mol. The minimum Gasteiger partial charge on any atom is -0.497 e. The molecule has 2 aliphatic heterocycles. The van der Waals surface area contributed by atoms with Crippen LogP contribution in [0.4, 0.5) is 21.0 Å². The van der Waals surface area contributed by atoms with Crippen molar-refractivity contribution in [3.63, 3.8) is 0 Å². The molecule has 302 valence electrons. The van der Waals surface area contributed by atoms with E-state index < -0.39 is 46.0 Å². The van der Waals surface area contributed by atoms with Crippen molar-refractivity contribution < 1.29 is 43.2 Å². The summed E-state index contributed by atoms with van der Waals surface area (Å²) in [5.74, 6) is 0.0709. The van der Waals surface area contributed by atoms with Gasteiger partial charge in [-0.25, -0.2) is 14.6 Å². The van der Waals surface area contributed by atoms with Gasteiger partial charge in [-0.2, -0.15) is 11.8 Å². The fraction of sp³-hybridized carbons (Fsp3) is 0.378. The van der Waals surface area contributed by atoms with Crippen LogP contribution in [0.3, 0.4) is 0 Å². The molecule has 57 heavy (non-hydrogen) atoms. The lowest BCUT2D eigenvalue weighted by molar-refractivity contribution is -0.385. The summed E-state index contributed by atoms with van der Waals surface area (Å²) < 4.78 is 16.0. The van der Waals surface area contributed by atoms with Crippen LogP contribution in [0.5, 0.6) is 5.75 Å². The highest BCUT2D eigenvalue weighted by Crippen LogP contribution is 2.33. The number of nitro benzene ring substituents is 2. The topological polar surface area (TPSA) is 240 Å². The molecule has 20 heteroatoms. The summed E-state index contributed by atoms with van der Waals surface area (Å²) in [6.45, 7) is 1.82. The Morgan fingerprint density at radius 3 is 2.02 bits per heavy atom. The van der Waals surface area contributed by atoms with Crippen molar-refractivity contribution in [2.45, 2.75) is 62.5 Å². The van der Waals surface area contributed by atoms with Crippen LogP contribution in [0.1, 0.15) is 42.9 Å². The number of guanidine groups is 1. The van der Waals surface area contributed by atoms with Gasteiger partial charge < -0.3 is 19.1 Å². The van der Waals surface area contributed by atoms with E-state index >= 15 is 0 Å². The van der Waals surface area contributed by atoms with Gasteiger partial charge in [-0.1, -0.05) is 19.1 Å². The second kappa shape index (κ2) is 19.4. The first-order valence-electron chi connectivity index (χ1n) is 17.9. The molecule has 4 amide bonds. The number of hydrogen-bond acceptors (Lipinski definition) is 13. The van der Waals surface area contributed by atoms with Gasteiger partial charge in [0.1, 0.15) is 25.0 Å². The molecule has 0 saturated carbocycles. The van der Waals surface area contributed by atoms with Crippen molar-refractivity contribution in [3.05, 3.63) is 110 Å². The summed E-state index contributed by atoms with van der Waals surface area (Å²) in [6, 6.07) is 17.2. The molecule has 5 rings (SSSR count). The number of thioether (sulfide) groups is 1. The predicted molar refractivity (Wildman–Crippen MR) is 206 cm³/mol. The lowest BCUT2D eigenvalue weighted by Crippen LogP contribution is -2.57. The number of carbonyl (C=O) groups excluding carboxylic acids is 4. The van der Waals surface area contributed by atoms with E-state index in [0.717, 1.165) is 11.3 Å². The third kappa shape index (κ3) is 11.3. The first kappa shape index (κ1) is 41.7. The Morgan fingerprint density at radius 1 is 0.877 bits per heavy atom. The number of hydrazine groups is 1. The zero-order valence-electron chi connectivity index (χ0n) is 31.2. The second-order valence-electron chi connectivity index (χ2n) is 13.1. The number of nitrogens with zero attached hydrogens (tertiary/aromatic N) is 5. The van der Waals surface area contributed by atoms with Crippen LogP contribution in [0.15, 0.2) is 72.8 Å². The fourth-order valence-electron chi connectivity index (χ4n) is 6.27. The maximum atomic E-state index is 14.2. The van der Waals surface area contributed by atoms with Crippen LogP contribution >= 0.6 is 11.8 Å².